The van der Waals surface area contributed by atoms with Gasteiger partial charge in [0.15, 0.2) is 11.4 Å². The molecule has 0 saturated heterocycles. The van der Waals surface area contributed by atoms with Crippen molar-refractivity contribution in [2.24, 2.45) is 0 Å². The standard InChI is InChI=1S/C15H10F3N5O/c16-15(17,18)13-12(14(24)20-10-6-8-19-9-7-10)21-22-23(13)11-4-2-1-3-5-11/h1-9H,(H,19,20,24). The Bertz CT molecular complexity index is 847. The Labute approximate surface area is 133 Å². The first-order chi connectivity index (χ1) is 11.5. The van der Waals surface area contributed by atoms with E-state index in [0.29, 0.717) is 10.4 Å². The maximum atomic E-state index is 13.4. The number of halogens is 3. The van der Waals surface area contributed by atoms with Gasteiger partial charge in [-0.15, -0.1) is 5.10 Å². The van der Waals surface area contributed by atoms with Crippen LogP contribution in [0.1, 0.15) is 16.2 Å². The lowest BCUT2D eigenvalue weighted by Crippen LogP contribution is -2.21. The third kappa shape index (κ3) is 3.09. The number of amides is 1. The number of nitrogens with zero attached hydrogens (tertiary/aromatic N) is 4. The fourth-order valence-electron chi connectivity index (χ4n) is 2.06. The molecule has 0 atom stereocenters. The van der Waals surface area contributed by atoms with Crippen molar-refractivity contribution < 1.29 is 18.0 Å². The molecule has 24 heavy (non-hydrogen) atoms. The molecular formula is C15H10F3N5O. The van der Waals surface area contributed by atoms with E-state index in [2.05, 4.69) is 20.6 Å². The van der Waals surface area contributed by atoms with Gasteiger partial charge in [-0.2, -0.15) is 13.2 Å². The zero-order valence-corrected chi connectivity index (χ0v) is 12.0. The fraction of sp³-hybridized carbons (Fsp3) is 0.0667. The average molecular weight is 333 g/mol. The molecule has 2 heterocycles. The van der Waals surface area contributed by atoms with Crippen molar-refractivity contribution in [3.63, 3.8) is 0 Å². The van der Waals surface area contributed by atoms with Gasteiger partial charge in [0.1, 0.15) is 0 Å². The van der Waals surface area contributed by atoms with Crippen LogP contribution in [0.2, 0.25) is 0 Å². The van der Waals surface area contributed by atoms with E-state index in [-0.39, 0.29) is 5.69 Å². The van der Waals surface area contributed by atoms with E-state index in [1.54, 1.807) is 18.2 Å². The number of rotatable bonds is 3. The van der Waals surface area contributed by atoms with Gasteiger partial charge in [-0.25, -0.2) is 4.68 Å². The number of anilines is 1. The molecule has 2 aromatic heterocycles. The van der Waals surface area contributed by atoms with E-state index in [1.807, 2.05) is 0 Å². The van der Waals surface area contributed by atoms with Crippen LogP contribution in [0.3, 0.4) is 0 Å². The predicted octanol–water partition coefficient (Wildman–Crippen LogP) is 2.93. The molecule has 0 aliphatic carbocycles. The minimum absolute atomic E-state index is 0.153. The number of nitrogens with one attached hydrogen (secondary N) is 1. The number of carbonyl (C=O) groups is 1. The van der Waals surface area contributed by atoms with E-state index in [4.69, 9.17) is 0 Å². The van der Waals surface area contributed by atoms with Gasteiger partial charge in [0.25, 0.3) is 5.91 Å². The molecule has 122 valence electrons. The van der Waals surface area contributed by atoms with Gasteiger partial charge in [-0.1, -0.05) is 23.4 Å². The molecule has 0 bridgehead atoms. The Morgan fingerprint density at radius 1 is 1.04 bits per heavy atom. The monoisotopic (exact) mass is 333 g/mol. The Kier molecular flexibility index (Phi) is 3.98. The molecule has 1 amide bonds. The van der Waals surface area contributed by atoms with Crippen LogP contribution in [0.15, 0.2) is 54.9 Å². The molecule has 9 heteroatoms. The summed E-state index contributed by atoms with van der Waals surface area (Å²) in [5.41, 5.74) is -1.58. The first-order valence-corrected chi connectivity index (χ1v) is 6.76. The number of para-hydroxylation sites is 1. The minimum Gasteiger partial charge on any atom is -0.320 e. The van der Waals surface area contributed by atoms with Crippen LogP contribution in [0.4, 0.5) is 18.9 Å². The van der Waals surface area contributed by atoms with E-state index in [1.165, 1.54) is 36.7 Å². The molecule has 0 aliphatic rings. The predicted molar refractivity (Wildman–Crippen MR) is 78.6 cm³/mol. The highest BCUT2D eigenvalue weighted by Crippen LogP contribution is 2.32. The van der Waals surface area contributed by atoms with Crippen LogP contribution in [0.25, 0.3) is 5.69 Å². The van der Waals surface area contributed by atoms with Crippen LogP contribution < -0.4 is 5.32 Å². The molecule has 0 aliphatic heterocycles. The normalized spacial score (nSPS) is 11.3. The van der Waals surface area contributed by atoms with Crippen molar-refractivity contribution in [3.8, 4) is 5.69 Å². The van der Waals surface area contributed by atoms with Gasteiger partial charge in [-0.05, 0) is 24.3 Å². The smallest absolute Gasteiger partial charge is 0.320 e. The SMILES string of the molecule is O=C(Nc1ccncc1)c1nnn(-c2ccccc2)c1C(F)(F)F. The third-order valence-corrected chi connectivity index (χ3v) is 3.09. The summed E-state index contributed by atoms with van der Waals surface area (Å²) < 4.78 is 40.9. The van der Waals surface area contributed by atoms with E-state index >= 15 is 0 Å². The molecular weight excluding hydrogens is 323 g/mol. The number of hydrogen-bond donors (Lipinski definition) is 1. The highest BCUT2D eigenvalue weighted by molar-refractivity contribution is 6.03. The number of carbonyl (C=O) groups excluding carboxylic acids is 1. The second-order valence-electron chi connectivity index (χ2n) is 4.72. The highest BCUT2D eigenvalue weighted by Gasteiger charge is 2.42. The number of alkyl halides is 3. The summed E-state index contributed by atoms with van der Waals surface area (Å²) in [6.07, 6.45) is -1.99. The van der Waals surface area contributed by atoms with Crippen LogP contribution >= 0.6 is 0 Å². The summed E-state index contributed by atoms with van der Waals surface area (Å²) in [5.74, 6) is -1.00. The van der Waals surface area contributed by atoms with Crippen LogP contribution in [0, 0.1) is 0 Å². The lowest BCUT2D eigenvalue weighted by Gasteiger charge is -2.11. The Morgan fingerprint density at radius 2 is 1.71 bits per heavy atom. The fourth-order valence-corrected chi connectivity index (χ4v) is 2.06. The summed E-state index contributed by atoms with van der Waals surface area (Å²) in [5, 5.41) is 9.25. The third-order valence-electron chi connectivity index (χ3n) is 3.09. The lowest BCUT2D eigenvalue weighted by molar-refractivity contribution is -0.143. The zero-order chi connectivity index (χ0) is 17.2. The molecule has 1 N–H and O–H groups in total. The number of aromatic nitrogens is 4. The number of pyridine rings is 1. The Hall–Kier alpha value is -3.23. The van der Waals surface area contributed by atoms with Gasteiger partial charge in [0, 0.05) is 18.1 Å². The largest absolute Gasteiger partial charge is 0.435 e. The van der Waals surface area contributed by atoms with Crippen LogP contribution in [-0.2, 0) is 6.18 Å². The second kappa shape index (κ2) is 6.11. The van der Waals surface area contributed by atoms with Crippen molar-refractivity contribution in [2.45, 2.75) is 6.18 Å². The van der Waals surface area contributed by atoms with Gasteiger partial charge in [0.2, 0.25) is 0 Å². The summed E-state index contributed by atoms with van der Waals surface area (Å²) >= 11 is 0. The first kappa shape index (κ1) is 15.7. The number of hydrogen-bond acceptors (Lipinski definition) is 4. The topological polar surface area (TPSA) is 72.7 Å². The van der Waals surface area contributed by atoms with Gasteiger partial charge < -0.3 is 5.32 Å². The minimum atomic E-state index is -4.80. The summed E-state index contributed by atoms with van der Waals surface area (Å²) in [6, 6.07) is 10.6. The van der Waals surface area contributed by atoms with Crippen molar-refractivity contribution in [1.29, 1.82) is 0 Å². The zero-order valence-electron chi connectivity index (χ0n) is 12.0. The van der Waals surface area contributed by atoms with E-state index in [9.17, 15) is 18.0 Å². The van der Waals surface area contributed by atoms with Crippen molar-refractivity contribution in [1.82, 2.24) is 20.0 Å². The Balaban J connectivity index is 2.03. The quantitative estimate of drug-likeness (QED) is 0.800. The Morgan fingerprint density at radius 3 is 2.33 bits per heavy atom. The van der Waals surface area contributed by atoms with E-state index < -0.39 is 23.5 Å². The summed E-state index contributed by atoms with van der Waals surface area (Å²) in [6.45, 7) is 0. The molecule has 3 rings (SSSR count). The van der Waals surface area contributed by atoms with Gasteiger partial charge in [0.05, 0.1) is 5.69 Å². The van der Waals surface area contributed by atoms with Crippen LogP contribution in [-0.4, -0.2) is 25.9 Å². The van der Waals surface area contributed by atoms with Crippen molar-refractivity contribution in [2.75, 3.05) is 5.32 Å². The van der Waals surface area contributed by atoms with Crippen molar-refractivity contribution >= 4 is 11.6 Å². The highest BCUT2D eigenvalue weighted by atomic mass is 19.4. The molecule has 0 saturated carbocycles. The van der Waals surface area contributed by atoms with Gasteiger partial charge >= 0.3 is 6.18 Å². The molecule has 0 fully saturated rings. The molecule has 0 spiro atoms. The average Bonchev–Trinajstić information content (AvgIpc) is 3.02. The maximum Gasteiger partial charge on any atom is 0.435 e. The van der Waals surface area contributed by atoms with Crippen molar-refractivity contribution in [3.05, 3.63) is 66.2 Å². The molecule has 0 unspecified atom stereocenters. The first-order valence-electron chi connectivity index (χ1n) is 6.76. The summed E-state index contributed by atoms with van der Waals surface area (Å²) in [7, 11) is 0. The summed E-state index contributed by atoms with van der Waals surface area (Å²) in [4.78, 5) is 15.9. The number of benzene rings is 1. The lowest BCUT2D eigenvalue weighted by atomic mass is 10.2. The maximum absolute atomic E-state index is 13.4. The molecule has 1 aromatic carbocycles. The molecule has 6 nitrogen and oxygen atoms in total. The van der Waals surface area contributed by atoms with Gasteiger partial charge in [-0.3, -0.25) is 9.78 Å². The molecule has 3 aromatic rings. The molecule has 0 radical (unpaired) electrons. The van der Waals surface area contributed by atoms with Crippen LogP contribution in [0.5, 0.6) is 0 Å². The van der Waals surface area contributed by atoms with E-state index in [0.717, 1.165) is 0 Å². The second-order valence-corrected chi connectivity index (χ2v) is 4.72.